The molecule has 0 atom stereocenters. The summed E-state index contributed by atoms with van der Waals surface area (Å²) in [7, 11) is 0. The summed E-state index contributed by atoms with van der Waals surface area (Å²) in [6, 6.07) is 0. The van der Waals surface area contributed by atoms with Gasteiger partial charge in [0.2, 0.25) is 0 Å². The molecule has 0 aromatic carbocycles. The van der Waals surface area contributed by atoms with Crippen molar-refractivity contribution >= 4 is 0 Å². The molecule has 0 aromatic heterocycles. The molecule has 2 heteroatoms. The van der Waals surface area contributed by atoms with Gasteiger partial charge in [0.15, 0.2) is 6.42 Å². The van der Waals surface area contributed by atoms with E-state index in [0.717, 1.165) is 24.8 Å². The number of hydrogen-bond acceptors (Lipinski definition) is 2. The largest absolute Gasteiger partial charge is 0.539 e. The van der Waals surface area contributed by atoms with Crippen LogP contribution in [-0.4, -0.2) is 11.7 Å². The highest BCUT2D eigenvalue weighted by molar-refractivity contribution is 4.95. The third kappa shape index (κ3) is 4.54. The minimum atomic E-state index is -0.0666. The van der Waals surface area contributed by atoms with Gasteiger partial charge in [0.25, 0.3) is 0 Å². The van der Waals surface area contributed by atoms with Gasteiger partial charge in [-0.05, 0) is 31.3 Å². The lowest BCUT2D eigenvalue weighted by atomic mass is 10.1. The molecule has 0 spiro atoms. The number of ether oxygens (including phenoxy) is 1. The van der Waals surface area contributed by atoms with Crippen LogP contribution in [0.5, 0.6) is 0 Å². The summed E-state index contributed by atoms with van der Waals surface area (Å²) in [5, 5.41) is 9.18. The second-order valence-corrected chi connectivity index (χ2v) is 3.43. The first-order valence-corrected chi connectivity index (χ1v) is 4.88. The van der Waals surface area contributed by atoms with Crippen LogP contribution in [0, 0.1) is 6.08 Å². The van der Waals surface area contributed by atoms with Crippen LogP contribution in [0.2, 0.25) is 0 Å². The van der Waals surface area contributed by atoms with E-state index < -0.39 is 0 Å². The lowest BCUT2D eigenvalue weighted by molar-refractivity contribution is 0.103. The van der Waals surface area contributed by atoms with E-state index in [-0.39, 0.29) is 5.95 Å². The third-order valence-electron chi connectivity index (χ3n) is 2.15. The molecule has 1 N–H and O–H groups in total. The molecule has 1 aliphatic heterocycles. The van der Waals surface area contributed by atoms with Crippen molar-refractivity contribution in [3.05, 3.63) is 24.2 Å². The standard InChI is InChI=1S/C11H16O2/c1-10-7-5-3-2-4-6-8-11(12)13-9-10/h1-7,9H2/p+1. The van der Waals surface area contributed by atoms with Crippen molar-refractivity contribution in [1.29, 1.82) is 0 Å². The fourth-order valence-corrected chi connectivity index (χ4v) is 1.34. The van der Waals surface area contributed by atoms with Gasteiger partial charge in [-0.15, -0.1) is 0 Å². The normalized spacial score (nSPS) is 20.6. The summed E-state index contributed by atoms with van der Waals surface area (Å²) < 4.78 is 5.05. The zero-order valence-corrected chi connectivity index (χ0v) is 8.01. The maximum absolute atomic E-state index is 9.18. The van der Waals surface area contributed by atoms with Crippen LogP contribution in [0.25, 0.3) is 0 Å². The van der Waals surface area contributed by atoms with E-state index >= 15 is 0 Å². The van der Waals surface area contributed by atoms with E-state index in [0.29, 0.717) is 6.61 Å². The molecule has 1 aliphatic rings. The Morgan fingerprint density at radius 2 is 2.00 bits per heavy atom. The maximum Gasteiger partial charge on any atom is 0.539 e. The molecule has 0 bridgehead atoms. The summed E-state index contributed by atoms with van der Waals surface area (Å²) in [5.41, 5.74) is 1.05. The Morgan fingerprint density at radius 1 is 1.23 bits per heavy atom. The highest BCUT2D eigenvalue weighted by Gasteiger charge is 2.11. The van der Waals surface area contributed by atoms with Gasteiger partial charge in [0, 0.05) is 0 Å². The Bertz CT molecular complexity index is 194. The Hall–Kier alpha value is -1.01. The van der Waals surface area contributed by atoms with Gasteiger partial charge in [-0.25, -0.2) is 0 Å². The Labute approximate surface area is 79.9 Å². The molecule has 13 heavy (non-hydrogen) atoms. The smallest absolute Gasteiger partial charge is 0.440 e. The summed E-state index contributed by atoms with van der Waals surface area (Å²) >= 11 is 0. The number of aliphatic hydroxyl groups is 1. The lowest BCUT2D eigenvalue weighted by Gasteiger charge is -2.02. The fourth-order valence-electron chi connectivity index (χ4n) is 1.34. The summed E-state index contributed by atoms with van der Waals surface area (Å²) in [4.78, 5) is 0. The van der Waals surface area contributed by atoms with E-state index in [4.69, 9.17) is 4.74 Å². The van der Waals surface area contributed by atoms with Crippen molar-refractivity contribution in [3.8, 4) is 0 Å². The highest BCUT2D eigenvalue weighted by atomic mass is 16.6. The fraction of sp³-hybridized carbons (Fsp3) is 0.636. The van der Waals surface area contributed by atoms with E-state index in [1.54, 1.807) is 0 Å². The third-order valence-corrected chi connectivity index (χ3v) is 2.15. The van der Waals surface area contributed by atoms with Crippen LogP contribution in [0.1, 0.15) is 38.5 Å². The van der Waals surface area contributed by atoms with E-state index in [1.165, 1.54) is 19.3 Å². The zero-order chi connectivity index (χ0) is 9.52. The average molecular weight is 181 g/mol. The first-order chi connectivity index (χ1) is 6.29. The molecular formula is C11H17O2+. The van der Waals surface area contributed by atoms with Crippen LogP contribution in [0.4, 0.5) is 0 Å². The molecule has 0 unspecified atom stereocenters. The Balaban J connectivity index is 2.39. The average Bonchev–Trinajstić information content (AvgIpc) is 2.15. The monoisotopic (exact) mass is 181 g/mol. The van der Waals surface area contributed by atoms with Gasteiger partial charge in [-0.1, -0.05) is 13.0 Å². The number of rotatable bonds is 0. The molecule has 0 aromatic rings. The number of allylic oxidation sites excluding steroid dienone is 1. The van der Waals surface area contributed by atoms with Gasteiger partial charge < -0.3 is 9.84 Å². The predicted octanol–water partition coefficient (Wildman–Crippen LogP) is 3.12. The van der Waals surface area contributed by atoms with Crippen molar-refractivity contribution < 1.29 is 9.84 Å². The van der Waals surface area contributed by atoms with Crippen LogP contribution < -0.4 is 0 Å². The maximum atomic E-state index is 9.18. The van der Waals surface area contributed by atoms with E-state index in [2.05, 4.69) is 12.7 Å². The number of hydrogen-bond donors (Lipinski definition) is 1. The second kappa shape index (κ2) is 5.60. The molecule has 0 radical (unpaired) electrons. The van der Waals surface area contributed by atoms with Crippen LogP contribution in [0.3, 0.4) is 0 Å². The first-order valence-electron chi connectivity index (χ1n) is 4.88. The summed E-state index contributed by atoms with van der Waals surface area (Å²) in [6.07, 6.45) is 9.31. The van der Waals surface area contributed by atoms with Crippen molar-refractivity contribution in [2.45, 2.75) is 38.5 Å². The molecule has 1 heterocycles. The predicted molar refractivity (Wildman–Crippen MR) is 52.2 cm³/mol. The topological polar surface area (TPSA) is 29.5 Å². The molecule has 72 valence electrons. The molecule has 1 rings (SSSR count). The van der Waals surface area contributed by atoms with E-state index in [9.17, 15) is 5.11 Å². The van der Waals surface area contributed by atoms with Gasteiger partial charge in [0.1, 0.15) is 6.61 Å². The SMILES string of the molecule is C=C1CCCCCC[C+]=C(O)OC1. The van der Waals surface area contributed by atoms with E-state index in [1.807, 2.05) is 0 Å². The number of aliphatic hydroxyl groups excluding tert-OH is 1. The molecule has 0 saturated carbocycles. The van der Waals surface area contributed by atoms with Crippen LogP contribution in [-0.2, 0) is 4.74 Å². The molecule has 0 fully saturated rings. The Morgan fingerprint density at radius 3 is 2.85 bits per heavy atom. The summed E-state index contributed by atoms with van der Waals surface area (Å²) in [6.45, 7) is 4.31. The van der Waals surface area contributed by atoms with Gasteiger partial charge in [0.05, 0.1) is 0 Å². The molecule has 0 aliphatic carbocycles. The van der Waals surface area contributed by atoms with Crippen molar-refractivity contribution in [2.24, 2.45) is 0 Å². The molecule has 0 amide bonds. The van der Waals surface area contributed by atoms with Crippen LogP contribution in [0.15, 0.2) is 18.1 Å². The molecule has 0 saturated heterocycles. The molecular weight excluding hydrogens is 164 g/mol. The minimum absolute atomic E-state index is 0.0666. The van der Waals surface area contributed by atoms with Crippen molar-refractivity contribution in [3.63, 3.8) is 0 Å². The highest BCUT2D eigenvalue weighted by Crippen LogP contribution is 2.13. The zero-order valence-electron chi connectivity index (χ0n) is 8.01. The molecule has 2 nitrogen and oxygen atoms in total. The van der Waals surface area contributed by atoms with Crippen molar-refractivity contribution in [2.75, 3.05) is 6.61 Å². The van der Waals surface area contributed by atoms with Gasteiger partial charge >= 0.3 is 12.0 Å². The lowest BCUT2D eigenvalue weighted by Crippen LogP contribution is -1.97. The van der Waals surface area contributed by atoms with Crippen LogP contribution >= 0.6 is 0 Å². The van der Waals surface area contributed by atoms with Gasteiger partial charge in [-0.2, -0.15) is 0 Å². The van der Waals surface area contributed by atoms with Crippen molar-refractivity contribution in [1.82, 2.24) is 0 Å². The quantitative estimate of drug-likeness (QED) is 0.459. The Kier molecular flexibility index (Phi) is 4.34. The van der Waals surface area contributed by atoms with Gasteiger partial charge in [-0.3, -0.25) is 0 Å². The second-order valence-electron chi connectivity index (χ2n) is 3.43. The summed E-state index contributed by atoms with van der Waals surface area (Å²) in [5.74, 6) is -0.0666. The minimum Gasteiger partial charge on any atom is -0.440 e. The first kappa shape index (κ1) is 10.1.